The molecule has 2 aromatic rings. The van der Waals surface area contributed by atoms with Crippen LogP contribution in [-0.4, -0.2) is 22.9 Å². The van der Waals surface area contributed by atoms with Crippen molar-refractivity contribution in [3.8, 4) is 0 Å². The summed E-state index contributed by atoms with van der Waals surface area (Å²) < 4.78 is 0. The van der Waals surface area contributed by atoms with Crippen molar-refractivity contribution in [1.82, 2.24) is 15.3 Å². The van der Waals surface area contributed by atoms with Gasteiger partial charge >= 0.3 is 0 Å². The number of benzene rings is 1. The molecule has 1 heterocycles. The van der Waals surface area contributed by atoms with Crippen LogP contribution in [0.25, 0.3) is 0 Å². The van der Waals surface area contributed by atoms with E-state index in [0.29, 0.717) is 5.95 Å². The van der Waals surface area contributed by atoms with Crippen LogP contribution in [-0.2, 0) is 4.79 Å². The molecule has 2 N–H and O–H groups in total. The van der Waals surface area contributed by atoms with E-state index in [1.165, 1.54) is 0 Å². The van der Waals surface area contributed by atoms with Gasteiger partial charge in [-0.05, 0) is 11.6 Å². The number of hydrogen-bond acceptors (Lipinski definition) is 4. The van der Waals surface area contributed by atoms with Crippen LogP contribution in [0, 0.1) is 0 Å². The zero-order valence-corrected chi connectivity index (χ0v) is 10.00. The molecule has 1 aromatic heterocycles. The van der Waals surface area contributed by atoms with Crippen molar-refractivity contribution in [2.75, 3.05) is 12.4 Å². The van der Waals surface area contributed by atoms with Gasteiger partial charge in [0.25, 0.3) is 0 Å². The van der Waals surface area contributed by atoms with E-state index in [0.717, 1.165) is 5.56 Å². The average molecular weight is 242 g/mol. The molecule has 0 spiro atoms. The van der Waals surface area contributed by atoms with Crippen LogP contribution in [0.5, 0.6) is 0 Å². The van der Waals surface area contributed by atoms with Gasteiger partial charge in [0, 0.05) is 19.4 Å². The summed E-state index contributed by atoms with van der Waals surface area (Å²) in [4.78, 5) is 20.0. The quantitative estimate of drug-likeness (QED) is 0.850. The summed E-state index contributed by atoms with van der Waals surface area (Å²) in [7, 11) is 1.60. The maximum Gasteiger partial charge on any atom is 0.246 e. The van der Waals surface area contributed by atoms with E-state index in [9.17, 15) is 4.79 Å². The van der Waals surface area contributed by atoms with Gasteiger partial charge in [-0.3, -0.25) is 4.79 Å². The summed E-state index contributed by atoms with van der Waals surface area (Å²) in [6.45, 7) is 0. The van der Waals surface area contributed by atoms with Gasteiger partial charge in [0.1, 0.15) is 6.04 Å². The third-order valence-corrected chi connectivity index (χ3v) is 2.48. The molecule has 5 nitrogen and oxygen atoms in total. The molecule has 0 aliphatic rings. The number of nitrogens with one attached hydrogen (secondary N) is 2. The van der Waals surface area contributed by atoms with Crippen LogP contribution in [0.3, 0.4) is 0 Å². The van der Waals surface area contributed by atoms with Crippen LogP contribution in [0.4, 0.5) is 5.95 Å². The zero-order valence-electron chi connectivity index (χ0n) is 10.00. The van der Waals surface area contributed by atoms with Crippen LogP contribution in [0.2, 0.25) is 0 Å². The number of likely N-dealkylation sites (N-methyl/N-ethyl adjacent to an activating group) is 1. The Morgan fingerprint density at radius 3 is 2.39 bits per heavy atom. The molecule has 2 rings (SSSR count). The van der Waals surface area contributed by atoms with Crippen molar-refractivity contribution in [1.29, 1.82) is 0 Å². The van der Waals surface area contributed by atoms with Gasteiger partial charge in [-0.1, -0.05) is 30.3 Å². The molecule has 0 bridgehead atoms. The molecule has 92 valence electrons. The van der Waals surface area contributed by atoms with Crippen LogP contribution >= 0.6 is 0 Å². The molecule has 1 aromatic carbocycles. The predicted molar refractivity (Wildman–Crippen MR) is 68.9 cm³/mol. The van der Waals surface area contributed by atoms with E-state index < -0.39 is 6.04 Å². The summed E-state index contributed by atoms with van der Waals surface area (Å²) in [5.41, 5.74) is 0.865. The number of carbonyl (C=O) groups is 1. The van der Waals surface area contributed by atoms with Gasteiger partial charge in [-0.25, -0.2) is 9.97 Å². The first-order valence-corrected chi connectivity index (χ1v) is 5.61. The fourth-order valence-corrected chi connectivity index (χ4v) is 1.59. The lowest BCUT2D eigenvalue weighted by Crippen LogP contribution is -2.31. The summed E-state index contributed by atoms with van der Waals surface area (Å²) in [5, 5.41) is 5.64. The normalized spacial score (nSPS) is 11.6. The van der Waals surface area contributed by atoms with Crippen molar-refractivity contribution >= 4 is 11.9 Å². The van der Waals surface area contributed by atoms with Gasteiger partial charge in [0.2, 0.25) is 11.9 Å². The number of carbonyl (C=O) groups excluding carboxylic acids is 1. The Morgan fingerprint density at radius 1 is 1.11 bits per heavy atom. The highest BCUT2D eigenvalue weighted by atomic mass is 16.2. The molecule has 0 fully saturated rings. The SMILES string of the molecule is CNC(=O)[C@@H](Nc1ncccn1)c1ccccc1. The molecule has 0 aliphatic heterocycles. The first kappa shape index (κ1) is 12.0. The monoisotopic (exact) mass is 242 g/mol. The van der Waals surface area contributed by atoms with Gasteiger partial charge in [0.15, 0.2) is 0 Å². The third-order valence-electron chi connectivity index (χ3n) is 2.48. The van der Waals surface area contributed by atoms with Crippen LogP contribution < -0.4 is 10.6 Å². The van der Waals surface area contributed by atoms with Crippen LogP contribution in [0.1, 0.15) is 11.6 Å². The molecule has 18 heavy (non-hydrogen) atoms. The van der Waals surface area contributed by atoms with Crippen molar-refractivity contribution in [2.45, 2.75) is 6.04 Å². The van der Waals surface area contributed by atoms with E-state index in [1.807, 2.05) is 30.3 Å². The smallest absolute Gasteiger partial charge is 0.246 e. The minimum atomic E-state index is -0.501. The number of rotatable bonds is 4. The first-order chi connectivity index (χ1) is 8.81. The molecule has 0 saturated carbocycles. The largest absolute Gasteiger partial charge is 0.357 e. The zero-order chi connectivity index (χ0) is 12.8. The number of aromatic nitrogens is 2. The minimum Gasteiger partial charge on any atom is -0.357 e. The molecule has 0 radical (unpaired) electrons. The molecule has 1 atom stereocenters. The van der Waals surface area contributed by atoms with E-state index >= 15 is 0 Å². The van der Waals surface area contributed by atoms with Gasteiger partial charge < -0.3 is 10.6 Å². The highest BCUT2D eigenvalue weighted by Gasteiger charge is 2.19. The Bertz CT molecular complexity index is 501. The lowest BCUT2D eigenvalue weighted by molar-refractivity contribution is -0.121. The number of amides is 1. The number of hydrogen-bond donors (Lipinski definition) is 2. The maximum atomic E-state index is 11.9. The topological polar surface area (TPSA) is 66.9 Å². The summed E-state index contributed by atoms with van der Waals surface area (Å²) in [6, 6.07) is 10.7. The Labute approximate surface area is 105 Å². The number of anilines is 1. The van der Waals surface area contributed by atoms with Crippen molar-refractivity contribution in [2.24, 2.45) is 0 Å². The van der Waals surface area contributed by atoms with E-state index in [2.05, 4.69) is 20.6 Å². The Balaban J connectivity index is 2.24. The molecular formula is C13H14N4O. The van der Waals surface area contributed by atoms with Gasteiger partial charge in [0.05, 0.1) is 0 Å². The highest BCUT2D eigenvalue weighted by molar-refractivity contribution is 5.85. The van der Waals surface area contributed by atoms with E-state index in [1.54, 1.807) is 25.5 Å². The van der Waals surface area contributed by atoms with Crippen molar-refractivity contribution < 1.29 is 4.79 Å². The highest BCUT2D eigenvalue weighted by Crippen LogP contribution is 2.16. The summed E-state index contributed by atoms with van der Waals surface area (Å²) in [6.07, 6.45) is 3.25. The van der Waals surface area contributed by atoms with Crippen molar-refractivity contribution in [3.63, 3.8) is 0 Å². The summed E-state index contributed by atoms with van der Waals surface area (Å²) in [5.74, 6) is 0.295. The second-order valence-electron chi connectivity index (χ2n) is 3.67. The molecule has 0 saturated heterocycles. The Kier molecular flexibility index (Phi) is 3.86. The lowest BCUT2D eigenvalue weighted by atomic mass is 10.1. The first-order valence-electron chi connectivity index (χ1n) is 5.61. The molecule has 1 amide bonds. The average Bonchev–Trinajstić information content (AvgIpc) is 2.46. The second-order valence-corrected chi connectivity index (χ2v) is 3.67. The standard InChI is InChI=1S/C13H14N4O/c1-14-12(18)11(10-6-3-2-4-7-10)17-13-15-8-5-9-16-13/h2-9,11H,1H3,(H,14,18)(H,15,16,17)/t11-/m0/s1. The minimum absolute atomic E-state index is 0.131. The number of nitrogens with zero attached hydrogens (tertiary/aromatic N) is 2. The second kappa shape index (κ2) is 5.77. The van der Waals surface area contributed by atoms with Gasteiger partial charge in [-0.2, -0.15) is 0 Å². The Morgan fingerprint density at radius 2 is 1.78 bits per heavy atom. The summed E-state index contributed by atoms with van der Waals surface area (Å²) >= 11 is 0. The van der Waals surface area contributed by atoms with E-state index in [4.69, 9.17) is 0 Å². The molecule has 5 heteroatoms. The molecule has 0 aliphatic carbocycles. The van der Waals surface area contributed by atoms with E-state index in [-0.39, 0.29) is 5.91 Å². The molecular weight excluding hydrogens is 228 g/mol. The fraction of sp³-hybridized carbons (Fsp3) is 0.154. The Hall–Kier alpha value is -2.43. The van der Waals surface area contributed by atoms with Crippen molar-refractivity contribution in [3.05, 3.63) is 54.4 Å². The molecule has 0 unspecified atom stereocenters. The van der Waals surface area contributed by atoms with Gasteiger partial charge in [-0.15, -0.1) is 0 Å². The van der Waals surface area contributed by atoms with Crippen LogP contribution in [0.15, 0.2) is 48.8 Å². The third kappa shape index (κ3) is 2.82. The predicted octanol–water partition coefficient (Wildman–Crippen LogP) is 1.38. The fourth-order valence-electron chi connectivity index (χ4n) is 1.59. The lowest BCUT2D eigenvalue weighted by Gasteiger charge is -2.17. The maximum absolute atomic E-state index is 11.9.